The molecule has 6 heteroatoms. The monoisotopic (exact) mass is 256 g/mol. The summed E-state index contributed by atoms with van der Waals surface area (Å²) in [5.41, 5.74) is 0. The van der Waals surface area contributed by atoms with Crippen LogP contribution in [0.4, 0.5) is 4.79 Å². The fourth-order valence-electron chi connectivity index (χ4n) is 1.97. The van der Waals surface area contributed by atoms with Crippen LogP contribution >= 0.6 is 0 Å². The minimum absolute atomic E-state index is 0.0396. The average Bonchev–Trinajstić information content (AvgIpc) is 2.26. The molecule has 0 aromatic heterocycles. The van der Waals surface area contributed by atoms with Gasteiger partial charge in [-0.15, -0.1) is 6.58 Å². The molecule has 0 aliphatic carbocycles. The summed E-state index contributed by atoms with van der Waals surface area (Å²) in [5, 5.41) is 11.4. The van der Waals surface area contributed by atoms with Crippen molar-refractivity contribution >= 4 is 12.0 Å². The Bertz CT molecular complexity index is 322. The van der Waals surface area contributed by atoms with E-state index in [1.54, 1.807) is 4.90 Å². The summed E-state index contributed by atoms with van der Waals surface area (Å²) in [7, 11) is 0. The number of hydrogen-bond donors (Lipinski definition) is 2. The quantitative estimate of drug-likeness (QED) is 0.730. The van der Waals surface area contributed by atoms with Gasteiger partial charge < -0.3 is 20.1 Å². The SMILES string of the molecule is C=CCC(NC(=O)N1C[C@@H](C)O[C@@H](C)C1)C(=O)O. The zero-order valence-corrected chi connectivity index (χ0v) is 10.8. The second kappa shape index (κ2) is 6.39. The number of morpholine rings is 1. The summed E-state index contributed by atoms with van der Waals surface area (Å²) >= 11 is 0. The molecule has 1 fully saturated rings. The van der Waals surface area contributed by atoms with E-state index < -0.39 is 12.0 Å². The number of ether oxygens (including phenoxy) is 1. The molecule has 0 bridgehead atoms. The van der Waals surface area contributed by atoms with Gasteiger partial charge in [0.15, 0.2) is 0 Å². The van der Waals surface area contributed by atoms with E-state index in [0.29, 0.717) is 13.1 Å². The van der Waals surface area contributed by atoms with Crippen molar-refractivity contribution in [1.29, 1.82) is 0 Å². The Morgan fingerprint density at radius 3 is 2.50 bits per heavy atom. The Balaban J connectivity index is 2.57. The van der Waals surface area contributed by atoms with Crippen LogP contribution in [0.5, 0.6) is 0 Å². The van der Waals surface area contributed by atoms with Crippen LogP contribution in [0, 0.1) is 0 Å². The van der Waals surface area contributed by atoms with E-state index in [9.17, 15) is 9.59 Å². The van der Waals surface area contributed by atoms with Crippen molar-refractivity contribution in [1.82, 2.24) is 10.2 Å². The molecule has 0 radical (unpaired) electrons. The molecule has 0 saturated carbocycles. The minimum Gasteiger partial charge on any atom is -0.480 e. The van der Waals surface area contributed by atoms with Crippen LogP contribution in [-0.4, -0.2) is 53.3 Å². The third kappa shape index (κ3) is 4.03. The molecule has 6 nitrogen and oxygen atoms in total. The van der Waals surface area contributed by atoms with Crippen LogP contribution in [0.3, 0.4) is 0 Å². The first-order valence-corrected chi connectivity index (χ1v) is 5.98. The largest absolute Gasteiger partial charge is 0.480 e. The molecule has 3 atom stereocenters. The molecule has 1 heterocycles. The Kier molecular flexibility index (Phi) is 5.15. The van der Waals surface area contributed by atoms with E-state index in [1.165, 1.54) is 6.08 Å². The zero-order chi connectivity index (χ0) is 13.7. The van der Waals surface area contributed by atoms with Gasteiger partial charge in [-0.1, -0.05) is 6.08 Å². The lowest BCUT2D eigenvalue weighted by Gasteiger charge is -2.35. The van der Waals surface area contributed by atoms with Gasteiger partial charge in [0.05, 0.1) is 12.2 Å². The van der Waals surface area contributed by atoms with E-state index in [-0.39, 0.29) is 24.7 Å². The maximum absolute atomic E-state index is 11.9. The predicted molar refractivity (Wildman–Crippen MR) is 66.4 cm³/mol. The van der Waals surface area contributed by atoms with E-state index >= 15 is 0 Å². The molecule has 1 saturated heterocycles. The van der Waals surface area contributed by atoms with Crippen LogP contribution in [0.2, 0.25) is 0 Å². The van der Waals surface area contributed by atoms with Gasteiger partial charge in [-0.2, -0.15) is 0 Å². The molecule has 0 spiro atoms. The highest BCUT2D eigenvalue weighted by atomic mass is 16.5. The Morgan fingerprint density at radius 2 is 2.06 bits per heavy atom. The van der Waals surface area contributed by atoms with Crippen LogP contribution in [0.15, 0.2) is 12.7 Å². The molecule has 1 aliphatic heterocycles. The van der Waals surface area contributed by atoms with Crippen LogP contribution < -0.4 is 5.32 Å². The summed E-state index contributed by atoms with van der Waals surface area (Å²) in [6.45, 7) is 8.18. The first-order valence-electron chi connectivity index (χ1n) is 5.98. The number of urea groups is 1. The molecule has 1 unspecified atom stereocenters. The summed E-state index contributed by atoms with van der Waals surface area (Å²) in [6.07, 6.45) is 1.60. The molecular weight excluding hydrogens is 236 g/mol. The Hall–Kier alpha value is -1.56. The van der Waals surface area contributed by atoms with E-state index in [2.05, 4.69) is 11.9 Å². The lowest BCUT2D eigenvalue weighted by Crippen LogP contribution is -2.54. The number of amides is 2. The van der Waals surface area contributed by atoms with Crippen molar-refractivity contribution in [2.75, 3.05) is 13.1 Å². The van der Waals surface area contributed by atoms with Crippen molar-refractivity contribution < 1.29 is 19.4 Å². The fourth-order valence-corrected chi connectivity index (χ4v) is 1.97. The lowest BCUT2D eigenvalue weighted by atomic mass is 10.2. The van der Waals surface area contributed by atoms with Gasteiger partial charge in [0.1, 0.15) is 6.04 Å². The van der Waals surface area contributed by atoms with Gasteiger partial charge >= 0.3 is 12.0 Å². The van der Waals surface area contributed by atoms with Gasteiger partial charge in [-0.05, 0) is 20.3 Å². The number of carbonyl (C=O) groups excluding carboxylic acids is 1. The third-order valence-electron chi connectivity index (χ3n) is 2.70. The maximum Gasteiger partial charge on any atom is 0.326 e. The summed E-state index contributed by atoms with van der Waals surface area (Å²) in [5.74, 6) is -1.06. The van der Waals surface area contributed by atoms with Crippen LogP contribution in [-0.2, 0) is 9.53 Å². The standard InChI is InChI=1S/C12H20N2O4/c1-4-5-10(11(15)16)13-12(17)14-6-8(2)18-9(3)7-14/h4,8-10H,1,5-7H2,2-3H3,(H,13,17)(H,15,16)/t8-,9+,10?. The van der Waals surface area contributed by atoms with E-state index in [0.717, 1.165) is 0 Å². The minimum atomic E-state index is -1.06. The van der Waals surface area contributed by atoms with Crippen molar-refractivity contribution in [2.24, 2.45) is 0 Å². The maximum atomic E-state index is 11.9. The summed E-state index contributed by atoms with van der Waals surface area (Å²) in [4.78, 5) is 24.5. The highest BCUT2D eigenvalue weighted by Gasteiger charge is 2.28. The number of nitrogens with zero attached hydrogens (tertiary/aromatic N) is 1. The van der Waals surface area contributed by atoms with Gasteiger partial charge in [0.25, 0.3) is 0 Å². The Labute approximate surface area is 107 Å². The van der Waals surface area contributed by atoms with Gasteiger partial charge in [-0.25, -0.2) is 9.59 Å². The first kappa shape index (κ1) is 14.5. The number of carboxylic acid groups (broad SMARTS) is 1. The van der Waals surface area contributed by atoms with Crippen molar-refractivity contribution in [3.63, 3.8) is 0 Å². The number of rotatable bonds is 4. The predicted octanol–water partition coefficient (Wildman–Crippen LogP) is 0.834. The Morgan fingerprint density at radius 1 is 1.50 bits per heavy atom. The highest BCUT2D eigenvalue weighted by molar-refractivity contribution is 5.82. The van der Waals surface area contributed by atoms with E-state index in [1.807, 2.05) is 13.8 Å². The van der Waals surface area contributed by atoms with Crippen molar-refractivity contribution in [2.45, 2.75) is 38.5 Å². The molecule has 102 valence electrons. The second-order valence-corrected chi connectivity index (χ2v) is 4.53. The molecule has 1 rings (SSSR count). The highest BCUT2D eigenvalue weighted by Crippen LogP contribution is 2.11. The van der Waals surface area contributed by atoms with Crippen LogP contribution in [0.1, 0.15) is 20.3 Å². The van der Waals surface area contributed by atoms with E-state index in [4.69, 9.17) is 9.84 Å². The number of carboxylic acids is 1. The smallest absolute Gasteiger partial charge is 0.326 e. The second-order valence-electron chi connectivity index (χ2n) is 4.53. The number of hydrogen-bond acceptors (Lipinski definition) is 3. The first-order chi connectivity index (χ1) is 8.43. The van der Waals surface area contributed by atoms with Crippen LogP contribution in [0.25, 0.3) is 0 Å². The molecule has 0 aromatic carbocycles. The number of nitrogens with one attached hydrogen (secondary N) is 1. The summed E-state index contributed by atoms with van der Waals surface area (Å²) < 4.78 is 5.51. The van der Waals surface area contributed by atoms with Crippen molar-refractivity contribution in [3.8, 4) is 0 Å². The fraction of sp³-hybridized carbons (Fsp3) is 0.667. The van der Waals surface area contributed by atoms with Gasteiger partial charge in [0.2, 0.25) is 0 Å². The summed E-state index contributed by atoms with van der Waals surface area (Å²) in [6, 6.07) is -1.30. The number of carbonyl (C=O) groups is 2. The average molecular weight is 256 g/mol. The molecule has 0 aromatic rings. The molecule has 18 heavy (non-hydrogen) atoms. The lowest BCUT2D eigenvalue weighted by molar-refractivity contribution is -0.139. The topological polar surface area (TPSA) is 78.9 Å². The molecule has 2 N–H and O–H groups in total. The third-order valence-corrected chi connectivity index (χ3v) is 2.70. The van der Waals surface area contributed by atoms with Gasteiger partial charge in [-0.3, -0.25) is 0 Å². The molecular formula is C12H20N2O4. The zero-order valence-electron chi connectivity index (χ0n) is 10.8. The normalized spacial score (nSPS) is 25.3. The molecule has 1 aliphatic rings. The molecule has 2 amide bonds. The van der Waals surface area contributed by atoms with Crippen molar-refractivity contribution in [3.05, 3.63) is 12.7 Å². The number of aliphatic carboxylic acids is 1. The van der Waals surface area contributed by atoms with Gasteiger partial charge in [0, 0.05) is 13.1 Å².